The number of nitro groups is 1. The average molecular weight is 464 g/mol. The topological polar surface area (TPSA) is 88.7 Å². The van der Waals surface area contributed by atoms with Crippen LogP contribution in [0.3, 0.4) is 0 Å². The third-order valence-electron chi connectivity index (χ3n) is 5.28. The summed E-state index contributed by atoms with van der Waals surface area (Å²) in [4.78, 5) is 15.9. The largest absolute Gasteiger partial charge is 0.494 e. The normalized spacial score (nSPS) is 12.9. The van der Waals surface area contributed by atoms with Crippen molar-refractivity contribution in [2.45, 2.75) is 24.4 Å². The fourth-order valence-corrected chi connectivity index (χ4v) is 4.84. The van der Waals surface area contributed by atoms with Crippen LogP contribution >= 0.6 is 11.8 Å². The van der Waals surface area contributed by atoms with Gasteiger partial charge in [-0.1, -0.05) is 23.9 Å². The first-order valence-electron chi connectivity index (χ1n) is 10.5. The molecule has 2 heterocycles. The van der Waals surface area contributed by atoms with Crippen molar-refractivity contribution in [1.82, 2.24) is 9.55 Å². The lowest BCUT2D eigenvalue weighted by molar-refractivity contribution is -0.385. The Balaban J connectivity index is 1.52. The molecule has 0 aliphatic carbocycles. The van der Waals surface area contributed by atoms with Gasteiger partial charge >= 0.3 is 0 Å². The Morgan fingerprint density at radius 1 is 1.18 bits per heavy atom. The number of hydrogen-bond donors (Lipinski definition) is 0. The van der Waals surface area contributed by atoms with Gasteiger partial charge in [0, 0.05) is 34.7 Å². The van der Waals surface area contributed by atoms with E-state index in [4.69, 9.17) is 19.2 Å². The summed E-state index contributed by atoms with van der Waals surface area (Å²) in [6.07, 6.45) is 0. The fraction of sp³-hybridized carbons (Fsp3) is 0.208. The molecule has 0 saturated carbocycles. The van der Waals surface area contributed by atoms with Crippen molar-refractivity contribution in [3.63, 3.8) is 0 Å². The van der Waals surface area contributed by atoms with Gasteiger partial charge in [-0.25, -0.2) is 4.98 Å². The van der Waals surface area contributed by atoms with Crippen LogP contribution in [0, 0.1) is 10.1 Å². The highest BCUT2D eigenvalue weighted by molar-refractivity contribution is 7.98. The van der Waals surface area contributed by atoms with Gasteiger partial charge in [0.05, 0.1) is 29.2 Å². The van der Waals surface area contributed by atoms with Crippen LogP contribution in [-0.2, 0) is 17.1 Å². The summed E-state index contributed by atoms with van der Waals surface area (Å²) < 4.78 is 18.7. The summed E-state index contributed by atoms with van der Waals surface area (Å²) >= 11 is 1.51. The summed E-state index contributed by atoms with van der Waals surface area (Å²) in [5, 5.41) is 12.2. The fourth-order valence-electron chi connectivity index (χ4n) is 3.84. The summed E-state index contributed by atoms with van der Waals surface area (Å²) in [6, 6.07) is 18.9. The number of nitrogens with zero attached hydrogens (tertiary/aromatic N) is 3. The van der Waals surface area contributed by atoms with Crippen LogP contribution in [0.25, 0.3) is 16.7 Å². The highest BCUT2D eigenvalue weighted by atomic mass is 32.2. The summed E-state index contributed by atoms with van der Waals surface area (Å²) in [5.74, 6) is 1.93. The van der Waals surface area contributed by atoms with Gasteiger partial charge in [-0.3, -0.25) is 14.7 Å². The third-order valence-corrected chi connectivity index (χ3v) is 6.26. The number of thioether (sulfide) groups is 1. The van der Waals surface area contributed by atoms with Gasteiger partial charge in [-0.2, -0.15) is 0 Å². The molecule has 0 radical (unpaired) electrons. The second-order valence-corrected chi connectivity index (χ2v) is 8.34. The molecular weight excluding hydrogens is 442 g/mol. The van der Waals surface area contributed by atoms with Crippen molar-refractivity contribution in [2.75, 3.05) is 13.4 Å². The molecule has 168 valence electrons. The molecule has 3 aromatic carbocycles. The van der Waals surface area contributed by atoms with Gasteiger partial charge in [0.1, 0.15) is 11.5 Å². The van der Waals surface area contributed by atoms with Crippen molar-refractivity contribution in [1.29, 1.82) is 0 Å². The van der Waals surface area contributed by atoms with Crippen LogP contribution < -0.4 is 9.47 Å². The van der Waals surface area contributed by atoms with Crippen LogP contribution in [-0.4, -0.2) is 27.9 Å². The van der Waals surface area contributed by atoms with E-state index in [2.05, 4.69) is 4.57 Å². The number of hydrogen-bond acceptors (Lipinski definition) is 7. The first-order chi connectivity index (χ1) is 16.1. The van der Waals surface area contributed by atoms with E-state index in [1.54, 1.807) is 6.07 Å². The van der Waals surface area contributed by atoms with E-state index < -0.39 is 4.92 Å². The smallest absolute Gasteiger partial charge is 0.270 e. The van der Waals surface area contributed by atoms with E-state index in [9.17, 15) is 10.1 Å². The van der Waals surface area contributed by atoms with Gasteiger partial charge in [-0.05, 0) is 43.3 Å². The van der Waals surface area contributed by atoms with Crippen LogP contribution in [0.15, 0.2) is 65.8 Å². The minimum absolute atomic E-state index is 0.0264. The van der Waals surface area contributed by atoms with Crippen LogP contribution in [0.1, 0.15) is 18.1 Å². The summed E-state index contributed by atoms with van der Waals surface area (Å²) in [5.41, 5.74) is 4.28. The van der Waals surface area contributed by atoms with Crippen molar-refractivity contribution in [3.05, 3.63) is 81.9 Å². The van der Waals surface area contributed by atoms with Crippen molar-refractivity contribution >= 4 is 28.5 Å². The van der Waals surface area contributed by atoms with Gasteiger partial charge in [0.15, 0.2) is 11.9 Å². The molecule has 0 N–H and O–H groups in total. The molecule has 0 atom stereocenters. The molecule has 4 aromatic rings. The number of aromatic nitrogens is 2. The molecular formula is C24H21N3O5S. The molecule has 8 nitrogen and oxygen atoms in total. The zero-order chi connectivity index (χ0) is 22.8. The molecule has 0 fully saturated rings. The Labute approximate surface area is 194 Å². The van der Waals surface area contributed by atoms with Gasteiger partial charge in [0.2, 0.25) is 0 Å². The van der Waals surface area contributed by atoms with Gasteiger partial charge in [-0.15, -0.1) is 0 Å². The lowest BCUT2D eigenvalue weighted by Crippen LogP contribution is -2.13. The highest BCUT2D eigenvalue weighted by Gasteiger charge is 2.22. The lowest BCUT2D eigenvalue weighted by Gasteiger charge is -2.20. The number of imidazole rings is 1. The Hall–Kier alpha value is -3.56. The number of non-ortho nitro benzene ring substituents is 1. The summed E-state index contributed by atoms with van der Waals surface area (Å²) in [6.45, 7) is 2.98. The average Bonchev–Trinajstić information content (AvgIpc) is 3.21. The van der Waals surface area contributed by atoms with Crippen molar-refractivity contribution in [2.24, 2.45) is 0 Å². The zero-order valence-corrected chi connectivity index (χ0v) is 18.7. The number of fused-ring (bicyclic) bond motifs is 2. The molecule has 0 spiro atoms. The zero-order valence-electron chi connectivity index (χ0n) is 17.9. The molecule has 0 amide bonds. The van der Waals surface area contributed by atoms with E-state index in [0.29, 0.717) is 30.3 Å². The van der Waals surface area contributed by atoms with E-state index in [1.807, 2.05) is 55.5 Å². The van der Waals surface area contributed by atoms with Crippen LogP contribution in [0.5, 0.6) is 11.5 Å². The van der Waals surface area contributed by atoms with E-state index in [1.165, 1.54) is 17.8 Å². The molecule has 9 heteroatoms. The number of nitro benzene ring substituents is 1. The number of rotatable bonds is 7. The first kappa shape index (κ1) is 21.3. The standard InChI is InChI=1S/C24H21N3O5S/c1-2-31-20-9-7-18(8-10-20)26-22-6-4-3-5-21(22)25-24(26)33-14-17-12-19(27(28)29)11-16-13-30-15-32-23(16)17/h3-12H,2,13-15H2,1H3. The van der Waals surface area contributed by atoms with E-state index >= 15 is 0 Å². The molecule has 33 heavy (non-hydrogen) atoms. The first-order valence-corrected chi connectivity index (χ1v) is 11.5. The molecule has 5 rings (SSSR count). The Kier molecular flexibility index (Phi) is 5.89. The third kappa shape index (κ3) is 4.24. The van der Waals surface area contributed by atoms with Gasteiger partial charge in [0.25, 0.3) is 5.69 Å². The second kappa shape index (κ2) is 9.13. The number of benzene rings is 3. The number of ether oxygens (including phenoxy) is 3. The molecule has 1 aliphatic heterocycles. The molecule has 0 saturated heterocycles. The number of para-hydroxylation sites is 2. The lowest BCUT2D eigenvalue weighted by atomic mass is 10.1. The summed E-state index contributed by atoms with van der Waals surface area (Å²) in [7, 11) is 0. The van der Waals surface area contributed by atoms with Crippen molar-refractivity contribution in [3.8, 4) is 17.2 Å². The van der Waals surface area contributed by atoms with E-state index in [-0.39, 0.29) is 12.5 Å². The highest BCUT2D eigenvalue weighted by Crippen LogP contribution is 2.37. The van der Waals surface area contributed by atoms with Crippen LogP contribution in [0.4, 0.5) is 5.69 Å². The maximum atomic E-state index is 11.4. The SMILES string of the molecule is CCOc1ccc(-n2c(SCc3cc([N+](=O)[O-])cc4c3OCOC4)nc3ccccc32)cc1. The molecule has 0 unspecified atom stereocenters. The Morgan fingerprint density at radius 2 is 2.00 bits per heavy atom. The Morgan fingerprint density at radius 3 is 2.79 bits per heavy atom. The minimum atomic E-state index is -0.391. The Bertz CT molecular complexity index is 1320. The quantitative estimate of drug-likeness (QED) is 0.203. The van der Waals surface area contributed by atoms with E-state index in [0.717, 1.165) is 33.2 Å². The van der Waals surface area contributed by atoms with Crippen molar-refractivity contribution < 1.29 is 19.1 Å². The molecule has 1 aromatic heterocycles. The predicted molar refractivity (Wildman–Crippen MR) is 125 cm³/mol. The predicted octanol–water partition coefficient (Wildman–Crippen LogP) is 5.49. The second-order valence-electron chi connectivity index (χ2n) is 7.39. The monoisotopic (exact) mass is 463 g/mol. The minimum Gasteiger partial charge on any atom is -0.494 e. The molecule has 1 aliphatic rings. The molecule has 0 bridgehead atoms. The van der Waals surface area contributed by atoms with Gasteiger partial charge < -0.3 is 14.2 Å². The van der Waals surface area contributed by atoms with Crippen LogP contribution in [0.2, 0.25) is 0 Å². The maximum absolute atomic E-state index is 11.4. The maximum Gasteiger partial charge on any atom is 0.270 e.